The highest BCUT2D eigenvalue weighted by Gasteiger charge is 2.21. The number of nitrogens with one attached hydrogen (secondary N) is 3. The summed E-state index contributed by atoms with van der Waals surface area (Å²) in [7, 11) is 0. The zero-order chi connectivity index (χ0) is 22.4. The van der Waals surface area contributed by atoms with E-state index in [0.717, 1.165) is 12.8 Å². The van der Waals surface area contributed by atoms with Gasteiger partial charge in [0.25, 0.3) is 5.62 Å². The minimum Gasteiger partial charge on any atom is -0.493 e. The zero-order valence-electron chi connectivity index (χ0n) is 16.8. The van der Waals surface area contributed by atoms with E-state index >= 15 is 0 Å². The van der Waals surface area contributed by atoms with E-state index in [0.29, 0.717) is 27.1 Å². The van der Waals surface area contributed by atoms with Gasteiger partial charge in [-0.05, 0) is 44.0 Å². The van der Waals surface area contributed by atoms with Gasteiger partial charge in [-0.25, -0.2) is 14.2 Å². The quantitative estimate of drug-likeness (QED) is 0.351. The van der Waals surface area contributed by atoms with Gasteiger partial charge in [-0.3, -0.25) is 4.98 Å². The number of nitrogens with zero attached hydrogens (tertiary/aromatic N) is 5. The van der Waals surface area contributed by atoms with Crippen molar-refractivity contribution in [2.75, 3.05) is 5.32 Å². The number of hydrogen-bond acceptors (Lipinski definition) is 7. The molecule has 1 fully saturated rings. The Morgan fingerprint density at radius 1 is 1.36 bits per heavy atom. The lowest BCUT2D eigenvalue weighted by atomic mass is 10.1. The SMILES string of the molecule is C.C[C@H](Nc1nc(=NC2CC2)n2ncc(=Cc3[nH]c(=O)[nH]c3O)c2n1)c1cc(Cl)ccc1F. The second kappa shape index (κ2) is 8.66. The van der Waals surface area contributed by atoms with Crippen LogP contribution in [0.25, 0.3) is 11.7 Å². The van der Waals surface area contributed by atoms with Crippen LogP contribution in [0.3, 0.4) is 0 Å². The van der Waals surface area contributed by atoms with Crippen LogP contribution in [0, 0.1) is 5.82 Å². The number of rotatable bonds is 5. The predicted molar refractivity (Wildman–Crippen MR) is 121 cm³/mol. The largest absolute Gasteiger partial charge is 0.493 e. The molecule has 172 valence electrons. The number of aromatic hydroxyl groups is 1. The van der Waals surface area contributed by atoms with E-state index in [2.05, 4.69) is 35.3 Å². The average Bonchev–Trinajstić information content (AvgIpc) is 3.38. The van der Waals surface area contributed by atoms with Crippen LogP contribution in [0.2, 0.25) is 5.02 Å². The van der Waals surface area contributed by atoms with Crippen LogP contribution in [0.1, 0.15) is 44.5 Å². The summed E-state index contributed by atoms with van der Waals surface area (Å²) in [5.74, 6) is -0.468. The van der Waals surface area contributed by atoms with E-state index in [-0.39, 0.29) is 31.0 Å². The normalized spacial score (nSPS) is 15.6. The van der Waals surface area contributed by atoms with Crippen molar-refractivity contribution in [2.24, 2.45) is 4.99 Å². The summed E-state index contributed by atoms with van der Waals surface area (Å²) >= 11 is 6.02. The third-order valence-electron chi connectivity index (χ3n) is 5.03. The summed E-state index contributed by atoms with van der Waals surface area (Å²) in [6, 6.07) is 4.03. The Morgan fingerprint density at radius 2 is 2.15 bits per heavy atom. The smallest absolute Gasteiger partial charge is 0.326 e. The lowest BCUT2D eigenvalue weighted by Crippen LogP contribution is -2.25. The topological polar surface area (TPSA) is 136 Å². The molecular formula is C21H22ClFN8O2. The molecule has 3 heterocycles. The minimum atomic E-state index is -0.538. The van der Waals surface area contributed by atoms with Crippen LogP contribution >= 0.6 is 11.6 Å². The highest BCUT2D eigenvalue weighted by molar-refractivity contribution is 6.30. The van der Waals surface area contributed by atoms with E-state index in [1.807, 2.05) is 0 Å². The summed E-state index contributed by atoms with van der Waals surface area (Å²) in [6.45, 7) is 1.77. The average molecular weight is 473 g/mol. The molecule has 0 amide bonds. The molecule has 0 aliphatic heterocycles. The van der Waals surface area contributed by atoms with Crippen molar-refractivity contribution in [1.29, 1.82) is 0 Å². The molecule has 12 heteroatoms. The molecule has 10 nitrogen and oxygen atoms in total. The fourth-order valence-corrected chi connectivity index (χ4v) is 3.44. The fourth-order valence-electron chi connectivity index (χ4n) is 3.26. The van der Waals surface area contributed by atoms with Crippen molar-refractivity contribution < 1.29 is 9.50 Å². The van der Waals surface area contributed by atoms with Crippen molar-refractivity contribution >= 4 is 29.3 Å². The molecule has 1 saturated carbocycles. The third-order valence-corrected chi connectivity index (χ3v) is 5.26. The molecule has 0 radical (unpaired) electrons. The van der Waals surface area contributed by atoms with Gasteiger partial charge in [0.2, 0.25) is 11.8 Å². The number of imidazole rings is 1. The van der Waals surface area contributed by atoms with Gasteiger partial charge in [0.15, 0.2) is 5.65 Å². The molecule has 0 bridgehead atoms. The first-order chi connectivity index (χ1) is 15.4. The van der Waals surface area contributed by atoms with Gasteiger partial charge in [-0.1, -0.05) is 19.0 Å². The Balaban J connectivity index is 0.00000259. The maximum absolute atomic E-state index is 14.3. The van der Waals surface area contributed by atoms with Crippen molar-refractivity contribution in [2.45, 2.75) is 39.3 Å². The second-order valence-corrected chi connectivity index (χ2v) is 8.00. The Hall–Kier alpha value is -3.73. The number of anilines is 1. The van der Waals surface area contributed by atoms with Gasteiger partial charge in [-0.2, -0.15) is 19.6 Å². The van der Waals surface area contributed by atoms with Crippen molar-refractivity contribution in [3.8, 4) is 5.88 Å². The van der Waals surface area contributed by atoms with Crippen molar-refractivity contribution in [1.82, 2.24) is 29.5 Å². The second-order valence-electron chi connectivity index (χ2n) is 7.56. The van der Waals surface area contributed by atoms with Crippen LogP contribution in [0.15, 0.2) is 34.2 Å². The molecule has 1 aliphatic rings. The molecule has 4 N–H and O–H groups in total. The maximum atomic E-state index is 14.3. The molecule has 4 aromatic rings. The van der Waals surface area contributed by atoms with Crippen molar-refractivity contribution in [3.05, 3.63) is 67.8 Å². The maximum Gasteiger partial charge on any atom is 0.326 e. The van der Waals surface area contributed by atoms with E-state index in [1.165, 1.54) is 28.9 Å². The zero-order valence-corrected chi connectivity index (χ0v) is 17.6. The van der Waals surface area contributed by atoms with E-state index < -0.39 is 17.5 Å². The molecule has 1 atom stereocenters. The molecule has 33 heavy (non-hydrogen) atoms. The van der Waals surface area contributed by atoms with Crippen LogP contribution in [-0.2, 0) is 0 Å². The number of halogens is 2. The van der Waals surface area contributed by atoms with Crippen molar-refractivity contribution in [3.63, 3.8) is 0 Å². The standard InChI is InChI=1S/C20H18ClFN8O2.CH4/c1-9(13-7-11(21)2-5-14(13)22)24-18-27-16-10(6-15-17(31)28-20(32)26-15)8-23-30(16)19(29-18)25-12-3-4-12;/h2,5-9,12,31H,3-4H2,1H3,(H,24,25,29)(H2,26,28,32);1H4/t9-;/m0./s1. The first-order valence-electron chi connectivity index (χ1n) is 9.91. The number of aromatic nitrogens is 6. The number of benzene rings is 1. The first-order valence-corrected chi connectivity index (χ1v) is 10.3. The molecule has 1 aliphatic carbocycles. The molecule has 3 aromatic heterocycles. The van der Waals surface area contributed by atoms with Gasteiger partial charge >= 0.3 is 5.69 Å². The highest BCUT2D eigenvalue weighted by atomic mass is 35.5. The molecular weight excluding hydrogens is 451 g/mol. The van der Waals surface area contributed by atoms with Gasteiger partial charge in [0.1, 0.15) is 11.5 Å². The molecule has 5 rings (SSSR count). The van der Waals surface area contributed by atoms with E-state index in [1.54, 1.807) is 13.0 Å². The van der Waals surface area contributed by atoms with E-state index in [9.17, 15) is 14.3 Å². The van der Waals surface area contributed by atoms with Crippen LogP contribution in [0.5, 0.6) is 5.88 Å². The minimum absolute atomic E-state index is 0. The van der Waals surface area contributed by atoms with Gasteiger partial charge in [0.05, 0.1) is 18.3 Å². The first kappa shape index (κ1) is 22.5. The fraction of sp³-hybridized carbons (Fsp3) is 0.286. The predicted octanol–water partition coefficient (Wildman–Crippen LogP) is 2.06. The number of hydrogen-bond donors (Lipinski definition) is 4. The Bertz CT molecular complexity index is 1500. The number of H-pyrrole nitrogens is 2. The Kier molecular flexibility index (Phi) is 5.90. The molecule has 0 spiro atoms. The monoisotopic (exact) mass is 472 g/mol. The molecule has 0 saturated heterocycles. The highest BCUT2D eigenvalue weighted by Crippen LogP contribution is 2.24. The summed E-state index contributed by atoms with van der Waals surface area (Å²) in [5.41, 5.74) is 0.779. The number of aromatic amines is 2. The molecule has 1 aromatic carbocycles. The third kappa shape index (κ3) is 4.58. The lowest BCUT2D eigenvalue weighted by molar-refractivity contribution is 0.454. The lowest BCUT2D eigenvalue weighted by Gasteiger charge is -2.15. The van der Waals surface area contributed by atoms with E-state index in [4.69, 9.17) is 11.6 Å². The molecule has 0 unspecified atom stereocenters. The van der Waals surface area contributed by atoms with Crippen LogP contribution < -0.4 is 21.8 Å². The summed E-state index contributed by atoms with van der Waals surface area (Å²) in [6.07, 6.45) is 5.01. The Labute approximate surface area is 191 Å². The summed E-state index contributed by atoms with van der Waals surface area (Å²) in [4.78, 5) is 29.8. The number of fused-ring (bicyclic) bond motifs is 1. The van der Waals surface area contributed by atoms with Crippen LogP contribution in [-0.4, -0.2) is 40.7 Å². The summed E-state index contributed by atoms with van der Waals surface area (Å²) in [5, 5.41) is 18.2. The summed E-state index contributed by atoms with van der Waals surface area (Å²) < 4.78 is 15.8. The Morgan fingerprint density at radius 3 is 2.85 bits per heavy atom. The van der Waals surface area contributed by atoms with Gasteiger partial charge in [-0.15, -0.1) is 0 Å². The van der Waals surface area contributed by atoms with Gasteiger partial charge < -0.3 is 15.4 Å². The van der Waals surface area contributed by atoms with Crippen LogP contribution in [0.4, 0.5) is 10.3 Å². The van der Waals surface area contributed by atoms with Gasteiger partial charge in [0, 0.05) is 15.8 Å².